The summed E-state index contributed by atoms with van der Waals surface area (Å²) in [7, 11) is 0. The third-order valence-electron chi connectivity index (χ3n) is 4.89. The Labute approximate surface area is 164 Å². The molecular weight excluding hydrogens is 385 g/mol. The van der Waals surface area contributed by atoms with Crippen LogP contribution in [-0.2, 0) is 12.6 Å². The predicted molar refractivity (Wildman–Crippen MR) is 97.6 cm³/mol. The second-order valence-electron chi connectivity index (χ2n) is 7.00. The summed E-state index contributed by atoms with van der Waals surface area (Å²) < 4.78 is 42.2. The highest BCUT2D eigenvalue weighted by atomic mass is 19.4. The summed E-state index contributed by atoms with van der Waals surface area (Å²) >= 11 is 0. The van der Waals surface area contributed by atoms with E-state index in [1.165, 1.54) is 23.0 Å². The van der Waals surface area contributed by atoms with Crippen molar-refractivity contribution in [2.75, 3.05) is 6.54 Å². The molecule has 0 spiro atoms. The van der Waals surface area contributed by atoms with E-state index in [9.17, 15) is 18.0 Å². The maximum Gasteiger partial charge on any atom is 0.416 e. The van der Waals surface area contributed by atoms with E-state index in [0.717, 1.165) is 30.8 Å². The van der Waals surface area contributed by atoms with Crippen LogP contribution in [0.2, 0.25) is 0 Å². The standard InChI is InChI=1S/C19H19F3N6O/c1-12-16(10-25-28(12)15-4-2-3-13(9-15)19(20,21)22)18(29)23-8-7-17-26-24-11-27(17)14-5-6-14/h2-4,9-11,14H,5-8H2,1H3,(H,23,29). The van der Waals surface area contributed by atoms with E-state index >= 15 is 0 Å². The van der Waals surface area contributed by atoms with Gasteiger partial charge in [0.05, 0.1) is 28.7 Å². The van der Waals surface area contributed by atoms with E-state index in [0.29, 0.717) is 30.3 Å². The van der Waals surface area contributed by atoms with E-state index in [1.54, 1.807) is 13.3 Å². The maximum atomic E-state index is 13.0. The van der Waals surface area contributed by atoms with Gasteiger partial charge in [0.1, 0.15) is 12.2 Å². The number of carbonyl (C=O) groups is 1. The van der Waals surface area contributed by atoms with Crippen LogP contribution in [0, 0.1) is 6.92 Å². The van der Waals surface area contributed by atoms with E-state index in [2.05, 4.69) is 20.6 Å². The molecule has 1 saturated carbocycles. The predicted octanol–water partition coefficient (Wildman–Crippen LogP) is 3.10. The number of hydrogen-bond acceptors (Lipinski definition) is 4. The summed E-state index contributed by atoms with van der Waals surface area (Å²) in [4.78, 5) is 12.5. The Kier molecular flexibility index (Phi) is 4.85. The number of rotatable bonds is 6. The number of benzene rings is 1. The SMILES string of the molecule is Cc1c(C(=O)NCCc2nncn2C2CC2)cnn1-c1cccc(C(F)(F)F)c1. The minimum atomic E-state index is -4.45. The zero-order chi connectivity index (χ0) is 20.6. The molecule has 3 aromatic rings. The van der Waals surface area contributed by atoms with Crippen LogP contribution in [0.15, 0.2) is 36.8 Å². The molecule has 0 unspecified atom stereocenters. The lowest BCUT2D eigenvalue weighted by molar-refractivity contribution is -0.137. The zero-order valence-corrected chi connectivity index (χ0v) is 15.6. The second-order valence-corrected chi connectivity index (χ2v) is 7.00. The smallest absolute Gasteiger partial charge is 0.351 e. The highest BCUT2D eigenvalue weighted by Crippen LogP contribution is 2.35. The first-order valence-electron chi connectivity index (χ1n) is 9.23. The van der Waals surface area contributed by atoms with Gasteiger partial charge in [0.15, 0.2) is 0 Å². The lowest BCUT2D eigenvalue weighted by Crippen LogP contribution is -2.27. The lowest BCUT2D eigenvalue weighted by atomic mass is 10.2. The van der Waals surface area contributed by atoms with Crippen LogP contribution in [0.4, 0.5) is 13.2 Å². The van der Waals surface area contributed by atoms with Gasteiger partial charge >= 0.3 is 6.18 Å². The zero-order valence-electron chi connectivity index (χ0n) is 15.6. The highest BCUT2D eigenvalue weighted by molar-refractivity contribution is 5.95. The van der Waals surface area contributed by atoms with Gasteiger partial charge < -0.3 is 9.88 Å². The van der Waals surface area contributed by atoms with Crippen molar-refractivity contribution in [2.45, 2.75) is 38.4 Å². The molecule has 0 radical (unpaired) electrons. The number of halogens is 3. The number of amides is 1. The molecule has 2 aromatic heterocycles. The number of alkyl halides is 3. The van der Waals surface area contributed by atoms with E-state index < -0.39 is 11.7 Å². The first kappa shape index (κ1) is 19.2. The lowest BCUT2D eigenvalue weighted by Gasteiger charge is -2.10. The van der Waals surface area contributed by atoms with Gasteiger partial charge in [-0.25, -0.2) is 4.68 Å². The average Bonchev–Trinajstić information content (AvgIpc) is 3.29. The molecule has 10 heteroatoms. The first-order valence-corrected chi connectivity index (χ1v) is 9.23. The van der Waals surface area contributed by atoms with E-state index in [4.69, 9.17) is 0 Å². The van der Waals surface area contributed by atoms with Crippen molar-refractivity contribution in [1.29, 1.82) is 0 Å². The summed E-state index contributed by atoms with van der Waals surface area (Å²) in [6, 6.07) is 5.29. The fourth-order valence-electron chi connectivity index (χ4n) is 3.19. The van der Waals surface area contributed by atoms with Crippen LogP contribution >= 0.6 is 0 Å². The average molecular weight is 404 g/mol. The summed E-state index contributed by atoms with van der Waals surface area (Å²) in [6.45, 7) is 2.02. The van der Waals surface area contributed by atoms with Crippen LogP contribution in [-0.4, -0.2) is 37.0 Å². The normalized spacial score (nSPS) is 14.2. The number of hydrogen-bond donors (Lipinski definition) is 1. The van der Waals surface area contributed by atoms with Crippen molar-refractivity contribution in [1.82, 2.24) is 29.9 Å². The second kappa shape index (κ2) is 7.34. The fourth-order valence-corrected chi connectivity index (χ4v) is 3.19. The molecule has 2 heterocycles. The molecule has 29 heavy (non-hydrogen) atoms. The topological polar surface area (TPSA) is 77.6 Å². The summed E-state index contributed by atoms with van der Waals surface area (Å²) in [6.07, 6.45) is 1.40. The van der Waals surface area contributed by atoms with Gasteiger partial charge in [-0.05, 0) is 38.0 Å². The van der Waals surface area contributed by atoms with Gasteiger partial charge in [-0.3, -0.25) is 4.79 Å². The Morgan fingerprint density at radius 2 is 2.10 bits per heavy atom. The summed E-state index contributed by atoms with van der Waals surface area (Å²) in [5.74, 6) is 0.488. The minimum absolute atomic E-state index is 0.244. The van der Waals surface area contributed by atoms with Crippen molar-refractivity contribution in [2.24, 2.45) is 0 Å². The summed E-state index contributed by atoms with van der Waals surface area (Å²) in [5.41, 5.74) is 0.249. The van der Waals surface area contributed by atoms with Gasteiger partial charge in [-0.2, -0.15) is 18.3 Å². The fraction of sp³-hybridized carbons (Fsp3) is 0.368. The molecule has 1 aromatic carbocycles. The van der Waals surface area contributed by atoms with Crippen LogP contribution in [0.1, 0.15) is 46.3 Å². The Morgan fingerprint density at radius 3 is 2.83 bits per heavy atom. The molecule has 0 bridgehead atoms. The first-order chi connectivity index (χ1) is 13.8. The Bertz CT molecular complexity index is 1030. The molecule has 0 atom stereocenters. The number of aromatic nitrogens is 5. The van der Waals surface area contributed by atoms with Crippen molar-refractivity contribution in [3.05, 3.63) is 59.4 Å². The molecule has 1 aliphatic carbocycles. The van der Waals surface area contributed by atoms with Crippen LogP contribution in [0.25, 0.3) is 5.69 Å². The number of carbonyl (C=O) groups excluding carboxylic acids is 1. The Hall–Kier alpha value is -3.17. The highest BCUT2D eigenvalue weighted by Gasteiger charge is 2.31. The van der Waals surface area contributed by atoms with Gasteiger partial charge in [0.2, 0.25) is 0 Å². The summed E-state index contributed by atoms with van der Waals surface area (Å²) in [5, 5.41) is 14.9. The van der Waals surface area contributed by atoms with Crippen LogP contribution in [0.3, 0.4) is 0 Å². The molecule has 7 nitrogen and oxygen atoms in total. The van der Waals surface area contributed by atoms with Gasteiger partial charge in [0.25, 0.3) is 5.91 Å². The molecule has 152 valence electrons. The Morgan fingerprint density at radius 1 is 1.31 bits per heavy atom. The number of nitrogens with zero attached hydrogens (tertiary/aromatic N) is 5. The molecular formula is C19H19F3N6O. The molecule has 1 N–H and O–H groups in total. The largest absolute Gasteiger partial charge is 0.416 e. The van der Waals surface area contributed by atoms with Gasteiger partial charge in [-0.1, -0.05) is 6.07 Å². The van der Waals surface area contributed by atoms with Gasteiger partial charge in [-0.15, -0.1) is 10.2 Å². The monoisotopic (exact) mass is 404 g/mol. The quantitative estimate of drug-likeness (QED) is 0.685. The van der Waals surface area contributed by atoms with Gasteiger partial charge in [0, 0.05) is 19.0 Å². The molecule has 4 rings (SSSR count). The third kappa shape index (κ3) is 4.01. The Balaban J connectivity index is 1.44. The van der Waals surface area contributed by atoms with Crippen LogP contribution in [0.5, 0.6) is 0 Å². The third-order valence-corrected chi connectivity index (χ3v) is 4.89. The number of nitrogens with one attached hydrogen (secondary N) is 1. The van der Waals surface area contributed by atoms with Crippen LogP contribution < -0.4 is 5.32 Å². The maximum absolute atomic E-state index is 13.0. The molecule has 0 aliphatic heterocycles. The molecule has 1 fully saturated rings. The molecule has 0 saturated heterocycles. The van der Waals surface area contributed by atoms with Crippen molar-refractivity contribution in [3.8, 4) is 5.69 Å². The van der Waals surface area contributed by atoms with E-state index in [-0.39, 0.29) is 11.6 Å². The van der Waals surface area contributed by atoms with Crippen molar-refractivity contribution in [3.63, 3.8) is 0 Å². The van der Waals surface area contributed by atoms with Crippen molar-refractivity contribution < 1.29 is 18.0 Å². The molecule has 1 amide bonds. The molecule has 1 aliphatic rings. The minimum Gasteiger partial charge on any atom is -0.351 e. The van der Waals surface area contributed by atoms with Crippen molar-refractivity contribution >= 4 is 5.91 Å². The van der Waals surface area contributed by atoms with E-state index in [1.807, 2.05) is 4.57 Å².